The number of rotatable bonds is 8. The highest BCUT2D eigenvalue weighted by Crippen LogP contribution is 2.29. The third-order valence-electron chi connectivity index (χ3n) is 4.91. The second-order valence-corrected chi connectivity index (χ2v) is 8.06. The minimum atomic E-state index is 0.0381. The Kier molecular flexibility index (Phi) is 6.08. The predicted octanol–water partition coefficient (Wildman–Crippen LogP) is 3.50. The maximum atomic E-state index is 12.2. The lowest BCUT2D eigenvalue weighted by Gasteiger charge is -2.24. The molecular weight excluding hydrogens is 332 g/mol. The van der Waals surface area contributed by atoms with Gasteiger partial charge in [0.15, 0.2) is 0 Å². The molecule has 1 atom stereocenters. The third kappa shape index (κ3) is 5.05. The summed E-state index contributed by atoms with van der Waals surface area (Å²) in [7, 11) is 0. The number of thiophene rings is 1. The van der Waals surface area contributed by atoms with E-state index in [2.05, 4.69) is 28.1 Å². The van der Waals surface area contributed by atoms with Gasteiger partial charge in [-0.15, -0.1) is 11.3 Å². The van der Waals surface area contributed by atoms with E-state index in [1.165, 1.54) is 29.3 Å². The van der Waals surface area contributed by atoms with Gasteiger partial charge >= 0.3 is 0 Å². The summed E-state index contributed by atoms with van der Waals surface area (Å²) in [5, 5.41) is 9.20. The summed E-state index contributed by atoms with van der Waals surface area (Å²) in [6.07, 6.45) is 4.71. The number of carbonyl (C=O) groups excluding carboxylic acids is 2. The van der Waals surface area contributed by atoms with Crippen molar-refractivity contribution in [1.29, 1.82) is 0 Å². The summed E-state index contributed by atoms with van der Waals surface area (Å²) in [5.41, 5.74) is 1.08. The van der Waals surface area contributed by atoms with Crippen molar-refractivity contribution in [3.05, 3.63) is 35.2 Å². The number of benzene rings is 1. The molecule has 0 aliphatic heterocycles. The highest BCUT2D eigenvalue weighted by atomic mass is 32.1. The fourth-order valence-corrected chi connectivity index (χ4v) is 4.05. The number of carbonyl (C=O) groups is 2. The Morgan fingerprint density at radius 2 is 1.88 bits per heavy atom. The van der Waals surface area contributed by atoms with Gasteiger partial charge in [0, 0.05) is 24.2 Å². The van der Waals surface area contributed by atoms with Gasteiger partial charge in [0.1, 0.15) is 0 Å². The van der Waals surface area contributed by atoms with Crippen LogP contribution in [0.25, 0.3) is 10.1 Å². The molecule has 2 N–H and O–H groups in total. The number of nitrogens with one attached hydrogen (secondary N) is 2. The second-order valence-electron chi connectivity index (χ2n) is 7.15. The van der Waals surface area contributed by atoms with Gasteiger partial charge in [-0.05, 0) is 47.1 Å². The van der Waals surface area contributed by atoms with E-state index in [-0.39, 0.29) is 17.7 Å². The second kappa shape index (κ2) is 8.48. The van der Waals surface area contributed by atoms with E-state index in [9.17, 15) is 9.59 Å². The maximum Gasteiger partial charge on any atom is 0.224 e. The van der Waals surface area contributed by atoms with Crippen LogP contribution in [0.15, 0.2) is 29.6 Å². The molecule has 0 radical (unpaired) electrons. The monoisotopic (exact) mass is 358 g/mol. The molecule has 0 bridgehead atoms. The zero-order chi connectivity index (χ0) is 17.6. The van der Waals surface area contributed by atoms with E-state index < -0.39 is 0 Å². The van der Waals surface area contributed by atoms with Crippen molar-refractivity contribution in [2.45, 2.75) is 39.0 Å². The first-order chi connectivity index (χ1) is 12.1. The molecule has 25 heavy (non-hydrogen) atoms. The summed E-state index contributed by atoms with van der Waals surface area (Å²) in [5.74, 6) is 1.01. The lowest BCUT2D eigenvalue weighted by atomic mass is 9.83. The first kappa shape index (κ1) is 17.9. The van der Waals surface area contributed by atoms with E-state index in [1.807, 2.05) is 19.1 Å². The molecule has 1 aliphatic carbocycles. The smallest absolute Gasteiger partial charge is 0.224 e. The number of fused-ring (bicyclic) bond motifs is 1. The quantitative estimate of drug-likeness (QED) is 0.759. The zero-order valence-electron chi connectivity index (χ0n) is 14.7. The largest absolute Gasteiger partial charge is 0.356 e. The molecule has 1 fully saturated rings. The SMILES string of the molecule is CC(CNC(=O)Cc1csc2ccccc12)CNC(=O)CC1CCC1. The van der Waals surface area contributed by atoms with Crippen molar-refractivity contribution >= 4 is 33.2 Å². The number of hydrogen-bond donors (Lipinski definition) is 2. The molecule has 4 nitrogen and oxygen atoms in total. The van der Waals surface area contributed by atoms with Crippen LogP contribution in [0, 0.1) is 11.8 Å². The molecule has 3 rings (SSSR count). The van der Waals surface area contributed by atoms with Gasteiger partial charge in [0.05, 0.1) is 6.42 Å². The summed E-state index contributed by atoms with van der Waals surface area (Å²) in [4.78, 5) is 24.0. The molecule has 1 aromatic heterocycles. The summed E-state index contributed by atoms with van der Waals surface area (Å²) >= 11 is 1.68. The van der Waals surface area contributed by atoms with E-state index in [0.717, 1.165) is 5.56 Å². The molecule has 1 unspecified atom stereocenters. The van der Waals surface area contributed by atoms with Crippen LogP contribution < -0.4 is 10.6 Å². The van der Waals surface area contributed by atoms with Crippen molar-refractivity contribution in [3.8, 4) is 0 Å². The fourth-order valence-electron chi connectivity index (χ4n) is 3.08. The number of hydrogen-bond acceptors (Lipinski definition) is 3. The first-order valence-electron chi connectivity index (χ1n) is 9.10. The third-order valence-corrected chi connectivity index (χ3v) is 5.92. The van der Waals surface area contributed by atoms with Crippen molar-refractivity contribution in [3.63, 3.8) is 0 Å². The summed E-state index contributed by atoms with van der Waals surface area (Å²) in [6.45, 7) is 3.25. The zero-order valence-corrected chi connectivity index (χ0v) is 15.5. The maximum absolute atomic E-state index is 12.2. The van der Waals surface area contributed by atoms with Crippen LogP contribution in [0.2, 0.25) is 0 Å². The first-order valence-corrected chi connectivity index (χ1v) is 9.98. The average molecular weight is 359 g/mol. The lowest BCUT2D eigenvalue weighted by Crippen LogP contribution is -2.36. The van der Waals surface area contributed by atoms with Crippen molar-refractivity contribution in [2.75, 3.05) is 13.1 Å². The van der Waals surface area contributed by atoms with E-state index in [0.29, 0.717) is 31.8 Å². The topological polar surface area (TPSA) is 58.2 Å². The molecule has 1 aromatic carbocycles. The Labute approximate surface area is 153 Å². The van der Waals surface area contributed by atoms with E-state index >= 15 is 0 Å². The molecular formula is C20H26N2O2S. The Morgan fingerprint density at radius 1 is 1.16 bits per heavy atom. The lowest BCUT2D eigenvalue weighted by molar-refractivity contribution is -0.122. The van der Waals surface area contributed by atoms with Crippen molar-refractivity contribution in [2.24, 2.45) is 11.8 Å². The van der Waals surface area contributed by atoms with Gasteiger partial charge in [-0.3, -0.25) is 9.59 Å². The minimum Gasteiger partial charge on any atom is -0.356 e. The molecule has 0 saturated heterocycles. The van der Waals surface area contributed by atoms with Crippen LogP contribution in [0.4, 0.5) is 0 Å². The highest BCUT2D eigenvalue weighted by molar-refractivity contribution is 7.17. The average Bonchev–Trinajstić information content (AvgIpc) is 2.97. The molecule has 1 heterocycles. The molecule has 1 aliphatic rings. The molecule has 5 heteroatoms. The minimum absolute atomic E-state index is 0.0381. The fraction of sp³-hybridized carbons (Fsp3) is 0.500. The van der Waals surface area contributed by atoms with Crippen LogP contribution in [0.3, 0.4) is 0 Å². The van der Waals surface area contributed by atoms with Gasteiger partial charge in [0.2, 0.25) is 11.8 Å². The standard InChI is InChI=1S/C20H26N2O2S/c1-14(11-21-19(23)9-15-5-4-6-15)12-22-20(24)10-16-13-25-18-8-3-2-7-17(16)18/h2-3,7-8,13-15H,4-6,9-12H2,1H3,(H,21,23)(H,22,24). The van der Waals surface area contributed by atoms with Crippen LogP contribution in [-0.2, 0) is 16.0 Å². The van der Waals surface area contributed by atoms with Gasteiger partial charge in [-0.25, -0.2) is 0 Å². The predicted molar refractivity (Wildman–Crippen MR) is 103 cm³/mol. The number of amides is 2. The Balaban J connectivity index is 1.37. The molecule has 1 saturated carbocycles. The molecule has 0 spiro atoms. The van der Waals surface area contributed by atoms with Gasteiger partial charge < -0.3 is 10.6 Å². The Hall–Kier alpha value is -1.88. The molecule has 134 valence electrons. The van der Waals surface area contributed by atoms with Crippen LogP contribution in [0.1, 0.15) is 38.2 Å². The normalized spacial score (nSPS) is 15.6. The van der Waals surface area contributed by atoms with E-state index in [1.54, 1.807) is 11.3 Å². The summed E-state index contributed by atoms with van der Waals surface area (Å²) in [6, 6.07) is 8.17. The van der Waals surface area contributed by atoms with Crippen LogP contribution >= 0.6 is 11.3 Å². The Bertz CT molecular complexity index is 736. The van der Waals surface area contributed by atoms with Crippen molar-refractivity contribution in [1.82, 2.24) is 10.6 Å². The van der Waals surface area contributed by atoms with Gasteiger partial charge in [-0.2, -0.15) is 0 Å². The van der Waals surface area contributed by atoms with Crippen LogP contribution in [0.5, 0.6) is 0 Å². The molecule has 2 amide bonds. The highest BCUT2D eigenvalue weighted by Gasteiger charge is 2.20. The van der Waals surface area contributed by atoms with Crippen LogP contribution in [-0.4, -0.2) is 24.9 Å². The van der Waals surface area contributed by atoms with E-state index in [4.69, 9.17) is 0 Å². The summed E-state index contributed by atoms with van der Waals surface area (Å²) < 4.78 is 1.22. The van der Waals surface area contributed by atoms with Gasteiger partial charge in [-0.1, -0.05) is 31.5 Å². The van der Waals surface area contributed by atoms with Gasteiger partial charge in [0.25, 0.3) is 0 Å². The Morgan fingerprint density at radius 3 is 2.60 bits per heavy atom. The van der Waals surface area contributed by atoms with Crippen molar-refractivity contribution < 1.29 is 9.59 Å². The molecule has 2 aromatic rings.